The summed E-state index contributed by atoms with van der Waals surface area (Å²) >= 11 is 0. The zero-order valence-electron chi connectivity index (χ0n) is 27.8. The largest absolute Gasteiger partial charge is 0.394 e. The van der Waals surface area contributed by atoms with E-state index in [0.717, 1.165) is 58.5 Å². The summed E-state index contributed by atoms with van der Waals surface area (Å²) < 4.78 is 41.7. The van der Waals surface area contributed by atoms with Crippen molar-refractivity contribution in [1.29, 1.82) is 0 Å². The molecular weight excluding hydrogens is 620 g/mol. The molecule has 4 fully saturated rings. The normalized spacial score (nSPS) is 32.5. The molecule has 274 valence electrons. The molecule has 0 aromatic carbocycles. The zero-order valence-corrected chi connectivity index (χ0v) is 27.8. The van der Waals surface area contributed by atoms with Crippen LogP contribution in [0.3, 0.4) is 0 Å². The molecule has 1 aliphatic carbocycles. The second kappa shape index (κ2) is 19.3. The van der Waals surface area contributed by atoms with Gasteiger partial charge in [-0.2, -0.15) is 0 Å². The highest BCUT2D eigenvalue weighted by molar-refractivity contribution is 5.77. The molecule has 4 aliphatic rings. The lowest BCUT2D eigenvalue weighted by Gasteiger charge is -2.42. The lowest BCUT2D eigenvalue weighted by Crippen LogP contribution is -2.64. The van der Waals surface area contributed by atoms with Crippen LogP contribution in [0.25, 0.3) is 0 Å². The number of nitrogens with zero attached hydrogens (tertiary/aromatic N) is 2. The molecule has 0 bridgehead atoms. The van der Waals surface area contributed by atoms with Crippen molar-refractivity contribution in [2.24, 2.45) is 17.8 Å². The molecule has 3 aliphatic heterocycles. The number of carbonyl (C=O) groups excluding carboxylic acids is 1. The van der Waals surface area contributed by atoms with E-state index in [-0.39, 0.29) is 50.0 Å². The summed E-state index contributed by atoms with van der Waals surface area (Å²) in [5, 5.41) is 57.8. The molecule has 47 heavy (non-hydrogen) atoms. The Kier molecular flexibility index (Phi) is 15.9. The Morgan fingerprint density at radius 2 is 1.57 bits per heavy atom. The number of halogens is 2. The van der Waals surface area contributed by atoms with Crippen LogP contribution in [0.1, 0.15) is 51.9 Å². The van der Waals surface area contributed by atoms with Crippen LogP contribution >= 0.6 is 0 Å². The van der Waals surface area contributed by atoms with Gasteiger partial charge in [-0.05, 0) is 38.5 Å². The van der Waals surface area contributed by atoms with Crippen LogP contribution in [0.2, 0.25) is 0 Å². The Labute approximate surface area is 277 Å². The maximum absolute atomic E-state index is 15.0. The monoisotopic (exact) mass is 679 g/mol. The minimum atomic E-state index is -1.69. The second-order valence-corrected chi connectivity index (χ2v) is 13.9. The van der Waals surface area contributed by atoms with Gasteiger partial charge in [-0.3, -0.25) is 20.3 Å². The molecule has 3 saturated heterocycles. The minimum absolute atomic E-state index is 0.0644. The Hall–Kier alpha value is -1.11. The third-order valence-corrected chi connectivity index (χ3v) is 10.3. The topological polar surface area (TPSA) is 179 Å². The predicted octanol–water partition coefficient (Wildman–Crippen LogP) is -1.29. The van der Waals surface area contributed by atoms with Gasteiger partial charge in [0.05, 0.1) is 24.9 Å². The van der Waals surface area contributed by atoms with Crippen LogP contribution in [0.5, 0.6) is 0 Å². The number of hydrogen-bond donors (Lipinski definition) is 8. The summed E-state index contributed by atoms with van der Waals surface area (Å²) in [4.78, 5) is 16.8. The van der Waals surface area contributed by atoms with Crippen molar-refractivity contribution in [2.75, 3.05) is 72.2 Å². The second-order valence-electron chi connectivity index (χ2n) is 13.9. The van der Waals surface area contributed by atoms with Crippen LogP contribution in [0.15, 0.2) is 0 Å². The van der Waals surface area contributed by atoms with Crippen LogP contribution in [-0.2, 0) is 14.3 Å². The van der Waals surface area contributed by atoms with E-state index in [1.54, 1.807) is 4.90 Å². The molecule has 4 rings (SSSR count). The van der Waals surface area contributed by atoms with E-state index in [0.29, 0.717) is 32.2 Å². The van der Waals surface area contributed by atoms with Gasteiger partial charge >= 0.3 is 0 Å². The fourth-order valence-electron chi connectivity index (χ4n) is 7.28. The Morgan fingerprint density at radius 3 is 2.19 bits per heavy atom. The van der Waals surface area contributed by atoms with E-state index in [1.165, 1.54) is 0 Å². The first kappa shape index (κ1) is 38.7. The molecule has 6 atom stereocenters. The molecule has 8 N–H and O–H groups in total. The Balaban J connectivity index is 1.03. The van der Waals surface area contributed by atoms with E-state index in [9.17, 15) is 25.2 Å². The van der Waals surface area contributed by atoms with E-state index in [2.05, 4.69) is 20.9 Å². The first-order valence-corrected chi connectivity index (χ1v) is 17.6. The minimum Gasteiger partial charge on any atom is -0.394 e. The van der Waals surface area contributed by atoms with Gasteiger partial charge in [0.15, 0.2) is 0 Å². The third-order valence-electron chi connectivity index (χ3n) is 10.3. The van der Waals surface area contributed by atoms with Crippen LogP contribution < -0.4 is 16.0 Å². The molecule has 2 unspecified atom stereocenters. The Morgan fingerprint density at radius 1 is 0.936 bits per heavy atom. The van der Waals surface area contributed by atoms with Crippen LogP contribution in [0, 0.1) is 17.8 Å². The third kappa shape index (κ3) is 11.5. The van der Waals surface area contributed by atoms with E-state index < -0.39 is 55.4 Å². The van der Waals surface area contributed by atoms with Gasteiger partial charge in [-0.1, -0.05) is 0 Å². The van der Waals surface area contributed by atoms with Gasteiger partial charge in [-0.25, -0.2) is 8.78 Å². The number of nitrogens with one attached hydrogen (secondary N) is 3. The summed E-state index contributed by atoms with van der Waals surface area (Å²) in [5.74, 6) is -0.541. The molecule has 0 radical (unpaired) electrons. The number of aliphatic hydroxyl groups is 5. The van der Waals surface area contributed by atoms with Crippen molar-refractivity contribution in [2.45, 2.75) is 107 Å². The maximum Gasteiger partial charge on any atom is 0.223 e. The lowest BCUT2D eigenvalue weighted by atomic mass is 9.81. The highest BCUT2D eigenvalue weighted by atomic mass is 19.1. The standard InChI is InChI=1S/C32H59F2N5O8/c1-2-46-23-14-36-32(37-15-23)38-7-5-20(6-8-38)4-3-9-47-22-10-25(33)24(26(34)11-22)12-29(43)39-17-21(18-39)13-35-16-27(41)30(44)31(45)28(42)19-40/h20-28,30-32,35-37,40-42,44-45H,2-19H2,1H3/t22?,23?,24?,25?,26?,27-,28+,30+,31+,32?/m0/s1. The van der Waals surface area contributed by atoms with E-state index in [4.69, 9.17) is 14.6 Å². The molecule has 3 heterocycles. The number of hydrogen-bond acceptors (Lipinski definition) is 12. The number of amides is 1. The maximum atomic E-state index is 15.0. The first-order valence-electron chi connectivity index (χ1n) is 17.6. The average molecular weight is 680 g/mol. The van der Waals surface area contributed by atoms with Gasteiger partial charge in [0.2, 0.25) is 5.91 Å². The van der Waals surface area contributed by atoms with E-state index >= 15 is 8.78 Å². The van der Waals surface area contributed by atoms with Crippen molar-refractivity contribution in [3.05, 3.63) is 0 Å². The van der Waals surface area contributed by atoms with Crippen molar-refractivity contribution in [3.8, 4) is 0 Å². The molecule has 1 saturated carbocycles. The predicted molar refractivity (Wildman–Crippen MR) is 170 cm³/mol. The SMILES string of the molecule is CCOC1CNC(N2CCC(CCCOC3CC(F)C(CC(=O)N4CC(CNC[C@H](O)[C@@H](O)[C@H](O)[C@H](O)CO)C4)C(F)C3)CC2)NC1. The number of likely N-dealkylation sites (tertiary alicyclic amines) is 2. The summed E-state index contributed by atoms with van der Waals surface area (Å²) in [6.07, 6.45) is -5.01. The highest BCUT2D eigenvalue weighted by Crippen LogP contribution is 2.35. The molecule has 0 aromatic heterocycles. The summed E-state index contributed by atoms with van der Waals surface area (Å²) in [6.45, 7) is 7.45. The fourth-order valence-corrected chi connectivity index (χ4v) is 7.28. The van der Waals surface area contributed by atoms with Gasteiger partial charge in [0.1, 0.15) is 36.9 Å². The number of piperidine rings is 1. The molecule has 1 amide bonds. The summed E-state index contributed by atoms with van der Waals surface area (Å²) in [7, 11) is 0. The van der Waals surface area contributed by atoms with Crippen molar-refractivity contribution in [3.63, 3.8) is 0 Å². The number of aliphatic hydroxyl groups excluding tert-OH is 5. The van der Waals surface area contributed by atoms with Gasteiger partial charge < -0.3 is 45.2 Å². The zero-order chi connectivity index (χ0) is 33.9. The van der Waals surface area contributed by atoms with Crippen molar-refractivity contribution >= 4 is 5.91 Å². The average Bonchev–Trinajstić information content (AvgIpc) is 3.05. The molecule has 15 heteroatoms. The Bertz CT molecular complexity index is 899. The summed E-state index contributed by atoms with van der Waals surface area (Å²) in [6, 6.07) is 0. The molecular formula is C32H59F2N5O8. The fraction of sp³-hybridized carbons (Fsp3) is 0.969. The number of ether oxygens (including phenoxy) is 2. The van der Waals surface area contributed by atoms with Gasteiger partial charge in [0.25, 0.3) is 0 Å². The number of carbonyl (C=O) groups is 1. The van der Waals surface area contributed by atoms with Gasteiger partial charge in [0, 0.05) is 96.7 Å². The lowest BCUT2D eigenvalue weighted by molar-refractivity contribution is -0.141. The van der Waals surface area contributed by atoms with Gasteiger partial charge in [-0.15, -0.1) is 0 Å². The number of alkyl halides is 2. The first-order chi connectivity index (χ1) is 22.6. The van der Waals surface area contributed by atoms with Crippen molar-refractivity contribution < 1.29 is 48.6 Å². The number of rotatable bonds is 18. The summed E-state index contributed by atoms with van der Waals surface area (Å²) in [5.41, 5.74) is 0. The highest BCUT2D eigenvalue weighted by Gasteiger charge is 2.42. The van der Waals surface area contributed by atoms with Crippen LogP contribution in [0.4, 0.5) is 8.78 Å². The molecule has 0 spiro atoms. The van der Waals surface area contributed by atoms with E-state index in [1.807, 2.05) is 6.92 Å². The van der Waals surface area contributed by atoms with Crippen LogP contribution in [-0.4, -0.2) is 169 Å². The quantitative estimate of drug-likeness (QED) is 0.0805. The molecule has 0 aromatic rings. The molecule has 13 nitrogen and oxygen atoms in total. The smallest absolute Gasteiger partial charge is 0.223 e. The van der Waals surface area contributed by atoms with Crippen molar-refractivity contribution in [1.82, 2.24) is 25.8 Å².